The molecule has 0 rings (SSSR count). The Bertz CT molecular complexity index is 134. The van der Waals surface area contributed by atoms with Crippen LogP contribution in [0.3, 0.4) is 0 Å². The smallest absolute Gasteiger partial charge is 0.222 e. The average Bonchev–Trinajstić information content (AvgIpc) is 1.98. The van der Waals surface area contributed by atoms with Crippen LogP contribution in [0.1, 0.15) is 26.7 Å². The molecule has 12 heavy (non-hydrogen) atoms. The van der Waals surface area contributed by atoms with Gasteiger partial charge < -0.3 is 10.6 Å². The van der Waals surface area contributed by atoms with Crippen LogP contribution in [-0.2, 0) is 4.79 Å². The minimum absolute atomic E-state index is 0.221. The molecule has 0 aliphatic carbocycles. The summed E-state index contributed by atoms with van der Waals surface area (Å²) in [6, 6.07) is 0. The summed E-state index contributed by atoms with van der Waals surface area (Å²) in [6.07, 6.45) is 1.53. The van der Waals surface area contributed by atoms with Gasteiger partial charge in [0, 0.05) is 20.0 Å². The Hall–Kier alpha value is -0.570. The zero-order chi connectivity index (χ0) is 9.56. The number of nitrogens with two attached hydrogens (primary N) is 1. The van der Waals surface area contributed by atoms with Crippen molar-refractivity contribution in [2.24, 2.45) is 11.7 Å². The first-order valence-corrected chi connectivity index (χ1v) is 4.52. The molecule has 0 saturated heterocycles. The molecule has 0 aliphatic rings. The Morgan fingerprint density at radius 2 is 2.08 bits per heavy atom. The van der Waals surface area contributed by atoms with Crippen LogP contribution in [0.4, 0.5) is 0 Å². The summed E-state index contributed by atoms with van der Waals surface area (Å²) >= 11 is 0. The van der Waals surface area contributed by atoms with Crippen LogP contribution in [-0.4, -0.2) is 30.9 Å². The number of amides is 1. The molecule has 0 aliphatic heterocycles. The van der Waals surface area contributed by atoms with Crippen LogP contribution in [0.25, 0.3) is 0 Å². The molecule has 0 aromatic rings. The van der Waals surface area contributed by atoms with Crippen LogP contribution in [0.5, 0.6) is 0 Å². The van der Waals surface area contributed by atoms with Gasteiger partial charge in [-0.05, 0) is 18.9 Å². The van der Waals surface area contributed by atoms with E-state index in [1.165, 1.54) is 0 Å². The van der Waals surface area contributed by atoms with Crippen molar-refractivity contribution < 1.29 is 4.79 Å². The van der Waals surface area contributed by atoms with Crippen molar-refractivity contribution in [3.8, 4) is 0 Å². The molecule has 0 saturated carbocycles. The average molecular weight is 172 g/mol. The highest BCUT2D eigenvalue weighted by Crippen LogP contribution is 2.02. The first kappa shape index (κ1) is 11.4. The van der Waals surface area contributed by atoms with Crippen molar-refractivity contribution in [2.75, 3.05) is 20.1 Å². The summed E-state index contributed by atoms with van der Waals surface area (Å²) in [5.41, 5.74) is 5.34. The lowest BCUT2D eigenvalue weighted by atomic mass is 10.1. The number of hydrogen-bond acceptors (Lipinski definition) is 2. The molecule has 0 unspecified atom stereocenters. The van der Waals surface area contributed by atoms with E-state index in [4.69, 9.17) is 5.73 Å². The standard InChI is InChI=1S/C9H20N2O/c1-8(2)7-9(12)11(3)6-4-5-10/h8H,4-7,10H2,1-3H3. The number of hydrogen-bond donors (Lipinski definition) is 1. The normalized spacial score (nSPS) is 10.4. The Labute approximate surface area is 74.9 Å². The van der Waals surface area contributed by atoms with Crippen molar-refractivity contribution in [1.82, 2.24) is 4.90 Å². The minimum Gasteiger partial charge on any atom is -0.346 e. The number of carbonyl (C=O) groups excluding carboxylic acids is 1. The lowest BCUT2D eigenvalue weighted by Gasteiger charge is -2.17. The SMILES string of the molecule is CC(C)CC(=O)N(C)CCCN. The van der Waals surface area contributed by atoms with E-state index in [0.29, 0.717) is 18.9 Å². The van der Waals surface area contributed by atoms with E-state index in [1.807, 2.05) is 7.05 Å². The Balaban J connectivity index is 3.61. The molecule has 3 nitrogen and oxygen atoms in total. The van der Waals surface area contributed by atoms with Gasteiger partial charge in [-0.15, -0.1) is 0 Å². The first-order valence-electron chi connectivity index (χ1n) is 4.52. The van der Waals surface area contributed by atoms with Crippen molar-refractivity contribution in [3.05, 3.63) is 0 Å². The summed E-state index contributed by atoms with van der Waals surface area (Å²) in [4.78, 5) is 13.1. The molecule has 3 heteroatoms. The molecule has 0 heterocycles. The van der Waals surface area contributed by atoms with Crippen LogP contribution < -0.4 is 5.73 Å². The third-order valence-electron chi connectivity index (χ3n) is 1.71. The fourth-order valence-corrected chi connectivity index (χ4v) is 0.958. The number of carbonyl (C=O) groups is 1. The minimum atomic E-state index is 0.221. The summed E-state index contributed by atoms with van der Waals surface area (Å²) in [7, 11) is 1.83. The van der Waals surface area contributed by atoms with E-state index in [-0.39, 0.29) is 5.91 Å². The molecule has 0 spiro atoms. The van der Waals surface area contributed by atoms with Crippen molar-refractivity contribution in [1.29, 1.82) is 0 Å². The van der Waals surface area contributed by atoms with Gasteiger partial charge in [-0.3, -0.25) is 4.79 Å². The lowest BCUT2D eigenvalue weighted by molar-refractivity contribution is -0.130. The Morgan fingerprint density at radius 1 is 1.50 bits per heavy atom. The second kappa shape index (κ2) is 6.00. The van der Waals surface area contributed by atoms with Crippen molar-refractivity contribution in [3.63, 3.8) is 0 Å². The van der Waals surface area contributed by atoms with Crippen molar-refractivity contribution >= 4 is 5.91 Å². The van der Waals surface area contributed by atoms with Gasteiger partial charge in [0.15, 0.2) is 0 Å². The van der Waals surface area contributed by atoms with E-state index in [1.54, 1.807) is 4.90 Å². The third kappa shape index (κ3) is 5.13. The monoisotopic (exact) mass is 172 g/mol. The van der Waals surface area contributed by atoms with Crippen LogP contribution in [0, 0.1) is 5.92 Å². The predicted octanol–water partition coefficient (Wildman–Crippen LogP) is 0.840. The van der Waals surface area contributed by atoms with Gasteiger partial charge in [0.05, 0.1) is 0 Å². The molecule has 2 N–H and O–H groups in total. The summed E-state index contributed by atoms with van der Waals surface area (Å²) in [5, 5.41) is 0. The molecular formula is C9H20N2O. The van der Waals surface area contributed by atoms with Crippen LogP contribution in [0.2, 0.25) is 0 Å². The first-order chi connectivity index (χ1) is 5.57. The molecule has 0 fully saturated rings. The fourth-order valence-electron chi connectivity index (χ4n) is 0.958. The summed E-state index contributed by atoms with van der Waals surface area (Å²) in [6.45, 7) is 5.53. The van der Waals surface area contributed by atoms with Gasteiger partial charge in [0.25, 0.3) is 0 Å². The second-order valence-corrected chi connectivity index (χ2v) is 3.56. The third-order valence-corrected chi connectivity index (χ3v) is 1.71. The zero-order valence-corrected chi connectivity index (χ0v) is 8.34. The van der Waals surface area contributed by atoms with Crippen LogP contribution >= 0.6 is 0 Å². The quantitative estimate of drug-likeness (QED) is 0.668. The highest BCUT2D eigenvalue weighted by atomic mass is 16.2. The zero-order valence-electron chi connectivity index (χ0n) is 8.34. The lowest BCUT2D eigenvalue weighted by Crippen LogP contribution is -2.29. The molecule has 0 aromatic carbocycles. The van der Waals surface area contributed by atoms with E-state index in [0.717, 1.165) is 13.0 Å². The van der Waals surface area contributed by atoms with E-state index in [9.17, 15) is 4.79 Å². The molecule has 72 valence electrons. The van der Waals surface area contributed by atoms with Crippen molar-refractivity contribution in [2.45, 2.75) is 26.7 Å². The molecule has 0 radical (unpaired) electrons. The largest absolute Gasteiger partial charge is 0.346 e. The van der Waals surface area contributed by atoms with E-state index < -0.39 is 0 Å². The second-order valence-electron chi connectivity index (χ2n) is 3.56. The summed E-state index contributed by atoms with van der Waals surface area (Å²) < 4.78 is 0. The number of nitrogens with zero attached hydrogens (tertiary/aromatic N) is 1. The van der Waals surface area contributed by atoms with E-state index in [2.05, 4.69) is 13.8 Å². The van der Waals surface area contributed by atoms with Gasteiger partial charge in [-0.1, -0.05) is 13.8 Å². The highest BCUT2D eigenvalue weighted by molar-refractivity contribution is 5.75. The molecule has 0 aromatic heterocycles. The molecule has 1 amide bonds. The van der Waals surface area contributed by atoms with Gasteiger partial charge >= 0.3 is 0 Å². The van der Waals surface area contributed by atoms with E-state index >= 15 is 0 Å². The molecule has 0 bridgehead atoms. The maximum Gasteiger partial charge on any atom is 0.222 e. The Kier molecular flexibility index (Phi) is 5.72. The molecular weight excluding hydrogens is 152 g/mol. The van der Waals surface area contributed by atoms with Gasteiger partial charge in [-0.25, -0.2) is 0 Å². The van der Waals surface area contributed by atoms with Gasteiger partial charge in [0.1, 0.15) is 0 Å². The van der Waals surface area contributed by atoms with Gasteiger partial charge in [-0.2, -0.15) is 0 Å². The van der Waals surface area contributed by atoms with Gasteiger partial charge in [0.2, 0.25) is 5.91 Å². The number of rotatable bonds is 5. The Morgan fingerprint density at radius 3 is 2.50 bits per heavy atom. The maximum absolute atomic E-state index is 11.3. The topological polar surface area (TPSA) is 46.3 Å². The molecule has 0 atom stereocenters. The van der Waals surface area contributed by atoms with Crippen LogP contribution in [0.15, 0.2) is 0 Å². The highest BCUT2D eigenvalue weighted by Gasteiger charge is 2.09. The summed E-state index contributed by atoms with van der Waals surface area (Å²) in [5.74, 6) is 0.663. The maximum atomic E-state index is 11.3. The predicted molar refractivity (Wildman–Crippen MR) is 50.8 cm³/mol. The fraction of sp³-hybridized carbons (Fsp3) is 0.889.